The Kier molecular flexibility index (Phi) is 5.44. The lowest BCUT2D eigenvalue weighted by atomic mass is 10.1. The van der Waals surface area contributed by atoms with Gasteiger partial charge in [-0.05, 0) is 32.0 Å². The maximum Gasteiger partial charge on any atom is 0.227 e. The number of aliphatic hydroxyl groups is 1. The SMILES string of the molecule is COC1NN(CC(C)(C)O)C=C1Nc1nccc(-c2cccc(-c3ccon3)n2)n1. The second-order valence-electron chi connectivity index (χ2n) is 7.45. The molecule has 3 aromatic heterocycles. The Morgan fingerprint density at radius 2 is 1.93 bits per heavy atom. The molecule has 4 heterocycles. The van der Waals surface area contributed by atoms with E-state index in [4.69, 9.17) is 9.26 Å². The van der Waals surface area contributed by atoms with E-state index in [1.807, 2.05) is 24.4 Å². The van der Waals surface area contributed by atoms with Crippen molar-refractivity contribution in [2.45, 2.75) is 25.7 Å². The zero-order valence-electron chi connectivity index (χ0n) is 16.9. The summed E-state index contributed by atoms with van der Waals surface area (Å²) in [6.07, 6.45) is 4.58. The molecular formula is C20H23N7O3. The maximum atomic E-state index is 10.1. The predicted octanol–water partition coefficient (Wildman–Crippen LogP) is 2.01. The van der Waals surface area contributed by atoms with E-state index in [1.165, 1.54) is 6.26 Å². The smallest absolute Gasteiger partial charge is 0.227 e. The summed E-state index contributed by atoms with van der Waals surface area (Å²) in [5.41, 5.74) is 5.70. The summed E-state index contributed by atoms with van der Waals surface area (Å²) in [4.78, 5) is 13.5. The van der Waals surface area contributed by atoms with E-state index in [0.29, 0.717) is 35.3 Å². The van der Waals surface area contributed by atoms with E-state index in [2.05, 4.69) is 30.9 Å². The number of nitrogens with one attached hydrogen (secondary N) is 2. The van der Waals surface area contributed by atoms with E-state index >= 15 is 0 Å². The predicted molar refractivity (Wildman–Crippen MR) is 109 cm³/mol. The number of aromatic nitrogens is 4. The number of β-amino-alcohol motifs (C(OH)–C–C–N with tert-alkyl or cyclic N) is 1. The van der Waals surface area contributed by atoms with Crippen LogP contribution in [0.25, 0.3) is 22.8 Å². The average Bonchev–Trinajstić information content (AvgIpc) is 3.37. The average molecular weight is 409 g/mol. The van der Waals surface area contributed by atoms with Crippen LogP contribution in [-0.2, 0) is 4.74 Å². The molecule has 10 nitrogen and oxygen atoms in total. The van der Waals surface area contributed by atoms with Gasteiger partial charge in [0.05, 0.1) is 34.9 Å². The van der Waals surface area contributed by atoms with Gasteiger partial charge in [-0.25, -0.2) is 20.4 Å². The molecule has 4 rings (SSSR count). The first-order chi connectivity index (χ1) is 14.4. The summed E-state index contributed by atoms with van der Waals surface area (Å²) in [5.74, 6) is 0.404. The van der Waals surface area contributed by atoms with Gasteiger partial charge in [-0.15, -0.1) is 0 Å². The first-order valence-electron chi connectivity index (χ1n) is 9.39. The Hall–Kier alpha value is -3.34. The van der Waals surface area contributed by atoms with Crippen LogP contribution in [-0.4, -0.2) is 55.7 Å². The minimum absolute atomic E-state index is 0.387. The lowest BCUT2D eigenvalue weighted by Gasteiger charge is -2.26. The molecule has 156 valence electrons. The van der Waals surface area contributed by atoms with Gasteiger partial charge in [0.25, 0.3) is 0 Å². The highest BCUT2D eigenvalue weighted by atomic mass is 16.5. The summed E-state index contributed by atoms with van der Waals surface area (Å²) in [5, 5.41) is 18.9. The number of hydrazine groups is 1. The number of nitrogens with zero attached hydrogens (tertiary/aromatic N) is 5. The van der Waals surface area contributed by atoms with Crippen LogP contribution in [0.3, 0.4) is 0 Å². The summed E-state index contributed by atoms with van der Waals surface area (Å²) in [7, 11) is 1.59. The quantitative estimate of drug-likeness (QED) is 0.534. The van der Waals surface area contributed by atoms with Crippen LogP contribution < -0.4 is 10.7 Å². The summed E-state index contributed by atoms with van der Waals surface area (Å²) >= 11 is 0. The largest absolute Gasteiger partial charge is 0.389 e. The number of rotatable bonds is 7. The van der Waals surface area contributed by atoms with Crippen molar-refractivity contribution in [1.82, 2.24) is 30.5 Å². The molecule has 1 atom stereocenters. The Labute approximate surface area is 173 Å². The highest BCUT2D eigenvalue weighted by Gasteiger charge is 2.27. The standard InChI is InChI=1S/C20H23N7O3/c1-20(2,28)12-27-11-17(18(25-27)29-3)24-19-21-9-7-15(23-19)13-5-4-6-14(22-13)16-8-10-30-26-16/h4-11,18,25,28H,12H2,1-3H3,(H,21,23,24). The van der Waals surface area contributed by atoms with Crippen LogP contribution in [0.1, 0.15) is 13.8 Å². The third-order valence-corrected chi connectivity index (χ3v) is 4.28. The van der Waals surface area contributed by atoms with Gasteiger partial charge in [0, 0.05) is 25.6 Å². The summed E-state index contributed by atoms with van der Waals surface area (Å²) in [6.45, 7) is 3.86. The second kappa shape index (κ2) is 8.19. The van der Waals surface area contributed by atoms with E-state index in [9.17, 15) is 5.11 Å². The van der Waals surface area contributed by atoms with Crippen LogP contribution in [0.2, 0.25) is 0 Å². The Morgan fingerprint density at radius 1 is 1.17 bits per heavy atom. The molecule has 0 bridgehead atoms. The van der Waals surface area contributed by atoms with Crippen molar-refractivity contribution in [3.63, 3.8) is 0 Å². The molecule has 0 spiro atoms. The molecule has 0 radical (unpaired) electrons. The molecular weight excluding hydrogens is 386 g/mol. The molecule has 0 amide bonds. The van der Waals surface area contributed by atoms with Crippen molar-refractivity contribution in [3.05, 3.63) is 54.7 Å². The van der Waals surface area contributed by atoms with E-state index < -0.39 is 11.8 Å². The fourth-order valence-electron chi connectivity index (χ4n) is 3.03. The van der Waals surface area contributed by atoms with Gasteiger partial charge in [-0.3, -0.25) is 0 Å². The van der Waals surface area contributed by atoms with Crippen molar-refractivity contribution in [2.75, 3.05) is 19.0 Å². The molecule has 0 saturated carbocycles. The zero-order valence-corrected chi connectivity index (χ0v) is 16.9. The Balaban J connectivity index is 1.55. The lowest BCUT2D eigenvalue weighted by Crippen LogP contribution is -2.44. The number of methoxy groups -OCH3 is 1. The van der Waals surface area contributed by atoms with Gasteiger partial charge >= 0.3 is 0 Å². The molecule has 1 aliphatic rings. The molecule has 0 saturated heterocycles. The molecule has 1 unspecified atom stereocenters. The van der Waals surface area contributed by atoms with Crippen LogP contribution in [0, 0.1) is 0 Å². The molecule has 3 aromatic rings. The minimum Gasteiger partial charge on any atom is -0.389 e. The third kappa shape index (κ3) is 4.62. The van der Waals surface area contributed by atoms with Gasteiger partial charge in [0.15, 0.2) is 6.23 Å². The monoisotopic (exact) mass is 409 g/mol. The van der Waals surface area contributed by atoms with Crippen molar-refractivity contribution in [2.24, 2.45) is 0 Å². The van der Waals surface area contributed by atoms with Crippen LogP contribution in [0.4, 0.5) is 5.95 Å². The number of pyridine rings is 1. The zero-order chi connectivity index (χ0) is 21.1. The van der Waals surface area contributed by atoms with Crippen LogP contribution >= 0.6 is 0 Å². The molecule has 30 heavy (non-hydrogen) atoms. The number of ether oxygens (including phenoxy) is 1. The van der Waals surface area contributed by atoms with Crippen molar-refractivity contribution in [3.8, 4) is 22.8 Å². The fraction of sp³-hybridized carbons (Fsp3) is 0.300. The topological polar surface area (TPSA) is 121 Å². The Morgan fingerprint density at radius 3 is 2.63 bits per heavy atom. The first-order valence-corrected chi connectivity index (χ1v) is 9.39. The van der Waals surface area contributed by atoms with Gasteiger partial charge < -0.3 is 24.7 Å². The molecule has 0 aromatic carbocycles. The van der Waals surface area contributed by atoms with E-state index in [-0.39, 0.29) is 0 Å². The van der Waals surface area contributed by atoms with E-state index in [0.717, 1.165) is 5.70 Å². The fourth-order valence-corrected chi connectivity index (χ4v) is 3.03. The molecule has 0 aliphatic carbocycles. The van der Waals surface area contributed by atoms with Gasteiger partial charge in [-0.1, -0.05) is 11.2 Å². The number of hydrogen-bond donors (Lipinski definition) is 3. The van der Waals surface area contributed by atoms with Crippen molar-refractivity contribution >= 4 is 5.95 Å². The van der Waals surface area contributed by atoms with Crippen LogP contribution in [0.15, 0.2) is 59.2 Å². The molecule has 1 aliphatic heterocycles. The summed E-state index contributed by atoms with van der Waals surface area (Å²) < 4.78 is 10.4. The van der Waals surface area contributed by atoms with Gasteiger partial charge in [0.1, 0.15) is 12.0 Å². The second-order valence-corrected chi connectivity index (χ2v) is 7.45. The van der Waals surface area contributed by atoms with Gasteiger partial charge in [0.2, 0.25) is 5.95 Å². The third-order valence-electron chi connectivity index (χ3n) is 4.28. The lowest BCUT2D eigenvalue weighted by molar-refractivity contribution is 0.0105. The normalized spacial score (nSPS) is 16.6. The molecule has 0 fully saturated rings. The van der Waals surface area contributed by atoms with Crippen LogP contribution in [0.5, 0.6) is 0 Å². The molecule has 10 heteroatoms. The van der Waals surface area contributed by atoms with Crippen molar-refractivity contribution < 1.29 is 14.4 Å². The Bertz CT molecular complexity index is 1030. The highest BCUT2D eigenvalue weighted by Crippen LogP contribution is 2.22. The maximum absolute atomic E-state index is 10.1. The number of hydrogen-bond acceptors (Lipinski definition) is 10. The molecule has 3 N–H and O–H groups in total. The van der Waals surface area contributed by atoms with Crippen molar-refractivity contribution in [1.29, 1.82) is 0 Å². The first kappa shape index (κ1) is 20.0. The highest BCUT2D eigenvalue weighted by molar-refractivity contribution is 5.62. The van der Waals surface area contributed by atoms with Gasteiger partial charge in [-0.2, -0.15) is 0 Å². The van der Waals surface area contributed by atoms with E-state index in [1.54, 1.807) is 44.3 Å². The number of anilines is 1. The summed E-state index contributed by atoms with van der Waals surface area (Å²) in [6, 6.07) is 9.16. The minimum atomic E-state index is -0.867.